The number of nitrogens with zero attached hydrogens (tertiary/aromatic N) is 1. The highest BCUT2D eigenvalue weighted by molar-refractivity contribution is 5.20. The van der Waals surface area contributed by atoms with Gasteiger partial charge in [0.25, 0.3) is 0 Å². The first-order chi connectivity index (χ1) is 7.90. The predicted octanol–water partition coefficient (Wildman–Crippen LogP) is 3.41. The fourth-order valence-electron chi connectivity index (χ4n) is 2.14. The van der Waals surface area contributed by atoms with Crippen molar-refractivity contribution in [1.29, 1.82) is 0 Å². The Bertz CT molecular complexity index is 323. The maximum absolute atomic E-state index is 5.91. The Balaban J connectivity index is 1.98. The summed E-state index contributed by atoms with van der Waals surface area (Å²) in [5.74, 6) is 0.929. The third-order valence-corrected chi connectivity index (χ3v) is 2.98. The van der Waals surface area contributed by atoms with Crippen LogP contribution < -0.4 is 4.84 Å². The molecule has 1 fully saturated rings. The van der Waals surface area contributed by atoms with Crippen LogP contribution in [0.5, 0.6) is 5.75 Å². The van der Waals surface area contributed by atoms with Crippen molar-refractivity contribution in [2.45, 2.75) is 31.7 Å². The lowest BCUT2D eigenvalue weighted by Gasteiger charge is -2.34. The Labute approximate surface area is 97.5 Å². The quantitative estimate of drug-likeness (QED) is 0.717. The van der Waals surface area contributed by atoms with Gasteiger partial charge in [-0.05, 0) is 31.4 Å². The van der Waals surface area contributed by atoms with Crippen LogP contribution in [0.2, 0.25) is 0 Å². The van der Waals surface area contributed by atoms with Gasteiger partial charge in [0.1, 0.15) is 5.75 Å². The highest BCUT2D eigenvalue weighted by Gasteiger charge is 2.22. The maximum Gasteiger partial charge on any atom is 0.147 e. The van der Waals surface area contributed by atoms with E-state index in [2.05, 4.69) is 11.6 Å². The van der Waals surface area contributed by atoms with Gasteiger partial charge >= 0.3 is 0 Å². The summed E-state index contributed by atoms with van der Waals surface area (Å²) in [6, 6.07) is 10.5. The molecule has 0 spiro atoms. The number of rotatable bonds is 4. The minimum Gasteiger partial charge on any atom is -0.406 e. The Morgan fingerprint density at radius 3 is 2.88 bits per heavy atom. The van der Waals surface area contributed by atoms with Crippen LogP contribution in [0.4, 0.5) is 0 Å². The molecule has 1 aliphatic rings. The molecule has 2 rings (SSSR count). The van der Waals surface area contributed by atoms with Gasteiger partial charge in [-0.25, -0.2) is 0 Å². The zero-order chi connectivity index (χ0) is 11.2. The van der Waals surface area contributed by atoms with Crippen molar-refractivity contribution in [3.8, 4) is 5.75 Å². The third-order valence-electron chi connectivity index (χ3n) is 2.98. The van der Waals surface area contributed by atoms with Crippen molar-refractivity contribution in [3.63, 3.8) is 0 Å². The zero-order valence-electron chi connectivity index (χ0n) is 9.64. The summed E-state index contributed by atoms with van der Waals surface area (Å²) in [5, 5.41) is 2.11. The normalized spacial score (nSPS) is 21.6. The van der Waals surface area contributed by atoms with E-state index in [1.165, 1.54) is 19.3 Å². The van der Waals surface area contributed by atoms with E-state index in [1.807, 2.05) is 36.4 Å². The smallest absolute Gasteiger partial charge is 0.147 e. The van der Waals surface area contributed by atoms with Crippen LogP contribution in [0.15, 0.2) is 43.0 Å². The van der Waals surface area contributed by atoms with E-state index in [0.717, 1.165) is 18.7 Å². The van der Waals surface area contributed by atoms with Gasteiger partial charge in [0.05, 0.1) is 0 Å². The molecule has 1 aromatic rings. The number of benzene rings is 1. The molecule has 1 heterocycles. The molecule has 1 atom stereocenters. The summed E-state index contributed by atoms with van der Waals surface area (Å²) < 4.78 is 0. The Hall–Kier alpha value is -1.28. The van der Waals surface area contributed by atoms with E-state index in [-0.39, 0.29) is 0 Å². The van der Waals surface area contributed by atoms with Crippen molar-refractivity contribution < 1.29 is 4.84 Å². The van der Waals surface area contributed by atoms with Crippen LogP contribution in [0.3, 0.4) is 0 Å². The first-order valence-electron chi connectivity index (χ1n) is 6.00. The van der Waals surface area contributed by atoms with E-state index in [4.69, 9.17) is 4.84 Å². The van der Waals surface area contributed by atoms with Gasteiger partial charge in [-0.2, -0.15) is 0 Å². The number of hydrogen-bond acceptors (Lipinski definition) is 2. The molecule has 0 radical (unpaired) electrons. The molecule has 1 aromatic carbocycles. The Kier molecular flexibility index (Phi) is 4.00. The summed E-state index contributed by atoms with van der Waals surface area (Å²) in [4.78, 5) is 5.91. The molecule has 2 nitrogen and oxygen atoms in total. The lowest BCUT2D eigenvalue weighted by molar-refractivity contribution is -0.111. The highest BCUT2D eigenvalue weighted by atomic mass is 16.7. The van der Waals surface area contributed by atoms with Crippen molar-refractivity contribution in [2.24, 2.45) is 0 Å². The molecule has 0 N–H and O–H groups in total. The SMILES string of the molecule is C=CCC1CCCCN1Oc1ccccc1. The summed E-state index contributed by atoms with van der Waals surface area (Å²) >= 11 is 0. The van der Waals surface area contributed by atoms with Crippen molar-refractivity contribution >= 4 is 0 Å². The molecule has 0 saturated carbocycles. The molecule has 86 valence electrons. The van der Waals surface area contributed by atoms with E-state index in [9.17, 15) is 0 Å². The van der Waals surface area contributed by atoms with Crippen LogP contribution in [0.1, 0.15) is 25.7 Å². The molecule has 0 aromatic heterocycles. The van der Waals surface area contributed by atoms with Crippen LogP contribution in [-0.2, 0) is 0 Å². The van der Waals surface area contributed by atoms with Crippen molar-refractivity contribution in [2.75, 3.05) is 6.54 Å². The highest BCUT2D eigenvalue weighted by Crippen LogP contribution is 2.22. The van der Waals surface area contributed by atoms with Crippen LogP contribution in [0, 0.1) is 0 Å². The van der Waals surface area contributed by atoms with E-state index >= 15 is 0 Å². The van der Waals surface area contributed by atoms with Gasteiger partial charge in [0.2, 0.25) is 0 Å². The summed E-state index contributed by atoms with van der Waals surface area (Å²) in [6.45, 7) is 4.84. The maximum atomic E-state index is 5.91. The molecule has 2 heteroatoms. The molecule has 0 aliphatic carbocycles. The zero-order valence-corrected chi connectivity index (χ0v) is 9.64. The molecular weight excluding hydrogens is 198 g/mol. The Morgan fingerprint density at radius 2 is 2.12 bits per heavy atom. The molecule has 0 amide bonds. The minimum atomic E-state index is 0.492. The molecule has 1 unspecified atom stereocenters. The standard InChI is InChI=1S/C14H19NO/c1-2-8-13-9-6-7-12-15(13)16-14-10-4-3-5-11-14/h2-5,10-11,13H,1,6-9,12H2. The van der Waals surface area contributed by atoms with E-state index in [1.54, 1.807) is 0 Å². The molecule has 16 heavy (non-hydrogen) atoms. The second kappa shape index (κ2) is 5.71. The van der Waals surface area contributed by atoms with Gasteiger partial charge in [0, 0.05) is 12.6 Å². The topological polar surface area (TPSA) is 12.5 Å². The number of para-hydroxylation sites is 1. The van der Waals surface area contributed by atoms with Gasteiger partial charge in [0.15, 0.2) is 0 Å². The lowest BCUT2D eigenvalue weighted by Crippen LogP contribution is -2.41. The van der Waals surface area contributed by atoms with Gasteiger partial charge in [-0.15, -0.1) is 11.6 Å². The number of hydroxylamine groups is 2. The second-order valence-electron chi connectivity index (χ2n) is 4.22. The van der Waals surface area contributed by atoms with Gasteiger partial charge in [-0.3, -0.25) is 0 Å². The summed E-state index contributed by atoms with van der Waals surface area (Å²) in [5.41, 5.74) is 0. The average Bonchev–Trinajstić information content (AvgIpc) is 2.33. The summed E-state index contributed by atoms with van der Waals surface area (Å²) in [7, 11) is 0. The molecule has 1 saturated heterocycles. The fourth-order valence-corrected chi connectivity index (χ4v) is 2.14. The van der Waals surface area contributed by atoms with Crippen LogP contribution in [-0.4, -0.2) is 17.6 Å². The van der Waals surface area contributed by atoms with E-state index in [0.29, 0.717) is 6.04 Å². The fraction of sp³-hybridized carbons (Fsp3) is 0.429. The third kappa shape index (κ3) is 2.86. The Morgan fingerprint density at radius 1 is 1.31 bits per heavy atom. The lowest BCUT2D eigenvalue weighted by atomic mass is 10.0. The van der Waals surface area contributed by atoms with Crippen LogP contribution in [0.25, 0.3) is 0 Å². The first-order valence-corrected chi connectivity index (χ1v) is 6.00. The van der Waals surface area contributed by atoms with Gasteiger partial charge < -0.3 is 4.84 Å². The van der Waals surface area contributed by atoms with Crippen molar-refractivity contribution in [3.05, 3.63) is 43.0 Å². The van der Waals surface area contributed by atoms with Gasteiger partial charge in [-0.1, -0.05) is 30.7 Å². The first kappa shape index (κ1) is 11.2. The minimum absolute atomic E-state index is 0.492. The van der Waals surface area contributed by atoms with Crippen LogP contribution >= 0.6 is 0 Å². The average molecular weight is 217 g/mol. The molecule has 1 aliphatic heterocycles. The molecular formula is C14H19NO. The second-order valence-corrected chi connectivity index (χ2v) is 4.22. The van der Waals surface area contributed by atoms with E-state index < -0.39 is 0 Å². The molecule has 0 bridgehead atoms. The number of piperidine rings is 1. The largest absolute Gasteiger partial charge is 0.406 e. The summed E-state index contributed by atoms with van der Waals surface area (Å²) in [6.07, 6.45) is 6.72. The number of hydrogen-bond donors (Lipinski definition) is 0. The predicted molar refractivity (Wildman–Crippen MR) is 66.2 cm³/mol. The monoisotopic (exact) mass is 217 g/mol. The van der Waals surface area contributed by atoms with Crippen molar-refractivity contribution in [1.82, 2.24) is 5.06 Å².